The lowest BCUT2D eigenvalue weighted by atomic mass is 9.78. The molecule has 0 aromatic carbocycles. The highest BCUT2D eigenvalue weighted by Gasteiger charge is 2.53. The van der Waals surface area contributed by atoms with Crippen molar-refractivity contribution in [2.45, 2.75) is 187 Å². The third kappa shape index (κ3) is 17.3. The minimum absolute atomic E-state index is 0.0115. The van der Waals surface area contributed by atoms with Crippen molar-refractivity contribution in [3.05, 3.63) is 71.9 Å². The summed E-state index contributed by atoms with van der Waals surface area (Å²) < 4.78 is 41.9. The Labute approximate surface area is 445 Å². The van der Waals surface area contributed by atoms with Gasteiger partial charge in [-0.2, -0.15) is 0 Å². The molecule has 1 unspecified atom stereocenters. The van der Waals surface area contributed by atoms with E-state index in [4.69, 9.17) is 33.2 Å². The highest BCUT2D eigenvalue weighted by molar-refractivity contribution is 6.39. The summed E-state index contributed by atoms with van der Waals surface area (Å²) >= 11 is 0. The number of allylic oxidation sites excluding steroid dienone is 6. The maximum Gasteiger partial charge on any atom is 0.329 e. The fraction of sp³-hybridized carbons (Fsp3) is 0.707. The van der Waals surface area contributed by atoms with Gasteiger partial charge in [-0.25, -0.2) is 4.79 Å². The number of esters is 1. The van der Waals surface area contributed by atoms with E-state index in [1.807, 2.05) is 58.1 Å². The van der Waals surface area contributed by atoms with E-state index in [0.717, 1.165) is 18.4 Å². The summed E-state index contributed by atoms with van der Waals surface area (Å²) in [6.45, 7) is 13.8. The van der Waals surface area contributed by atoms with Crippen LogP contribution in [-0.2, 0) is 63.7 Å². The number of aliphatic hydroxyl groups excluding tert-OH is 1. The number of piperidine rings is 1. The van der Waals surface area contributed by atoms with Gasteiger partial charge < -0.3 is 48.3 Å². The van der Waals surface area contributed by atoms with Crippen LogP contribution in [0.4, 0.5) is 0 Å². The minimum atomic E-state index is -2.49. The van der Waals surface area contributed by atoms with Gasteiger partial charge in [-0.15, -0.1) is 0 Å². The first-order chi connectivity index (χ1) is 35.8. The van der Waals surface area contributed by atoms with Crippen molar-refractivity contribution in [2.75, 3.05) is 41.1 Å². The fourth-order valence-corrected chi connectivity index (χ4v) is 11.1. The number of ketones is 3. The maximum atomic E-state index is 14.6. The monoisotopic (exact) mass is 1050 g/mol. The number of fused-ring (bicyclic) bond motifs is 3. The standard InChI is InChI=1S/C58H87N3O14/c1-36-16-12-11-13-17-37(2)49(73-35-44-34-59-23-24-60-44)32-45-21-19-42(7)58(68,75-45)55(65)56(66)61-25-15-14-18-46(61)57(67)74-50(39(4)30-43-20-22-48(51(31-43)70-9)72-27-26-69-8)33-47(62)38(3)29-41(6)53(64)54(71-10)52(63)40(5)28-36/h11-13,16-17,23-24,29,34,36,38-40,42-43,45-46,48-51,53-54,64,68H,14-15,18-22,25-28,30-33,35H2,1-10H3/b13-11+,16-12+,37-17+,41-29+/t36-,38-,39-,40-,42-,43+,45+,46+,48-,49?,50+,51-,53-,54+,58-/m1/s1. The molecule has 1 aromatic rings. The second kappa shape index (κ2) is 30.0. The number of aromatic nitrogens is 2. The van der Waals surface area contributed by atoms with Crippen LogP contribution in [-0.4, -0.2) is 150 Å². The third-order valence-electron chi connectivity index (χ3n) is 15.8. The number of ether oxygens (including phenoxy) is 7. The molecule has 75 heavy (non-hydrogen) atoms. The van der Waals surface area contributed by atoms with Gasteiger partial charge in [-0.3, -0.25) is 29.1 Å². The third-order valence-corrected chi connectivity index (χ3v) is 15.8. The number of hydrogen-bond donors (Lipinski definition) is 2. The highest BCUT2D eigenvalue weighted by atomic mass is 16.6. The first kappa shape index (κ1) is 61.5. The maximum absolute atomic E-state index is 14.6. The number of rotatable bonds is 12. The normalized spacial score (nSPS) is 36.6. The van der Waals surface area contributed by atoms with Crippen LogP contribution in [0.2, 0.25) is 0 Å². The molecule has 3 fully saturated rings. The van der Waals surface area contributed by atoms with Crippen LogP contribution in [0.1, 0.15) is 131 Å². The smallest absolute Gasteiger partial charge is 0.329 e. The number of methoxy groups -OCH3 is 3. The van der Waals surface area contributed by atoms with E-state index in [9.17, 15) is 34.2 Å². The number of amides is 1. The Balaban J connectivity index is 1.48. The van der Waals surface area contributed by atoms with Crippen LogP contribution >= 0.6 is 0 Å². The summed E-state index contributed by atoms with van der Waals surface area (Å²) in [5, 5.41) is 23.8. The number of cyclic esters (lactones) is 1. The van der Waals surface area contributed by atoms with E-state index in [2.05, 4.69) is 9.97 Å². The number of Topliss-reactive ketones (excluding diaryl/α,β-unsaturated/α-hetero) is 3. The molecular formula is C58H87N3O14. The molecule has 0 radical (unpaired) electrons. The average molecular weight is 1050 g/mol. The summed E-state index contributed by atoms with van der Waals surface area (Å²) in [6, 6.07) is -1.16. The number of nitrogens with zero attached hydrogens (tertiary/aromatic N) is 3. The molecular weight excluding hydrogens is 963 g/mol. The molecule has 17 nitrogen and oxygen atoms in total. The molecule has 2 saturated heterocycles. The summed E-state index contributed by atoms with van der Waals surface area (Å²) in [7, 11) is 4.67. The Hall–Kier alpha value is -4.33. The molecule has 5 rings (SSSR count). The van der Waals surface area contributed by atoms with E-state index in [1.165, 1.54) is 12.0 Å². The summed E-state index contributed by atoms with van der Waals surface area (Å²) in [5.41, 5.74) is 1.82. The largest absolute Gasteiger partial charge is 0.460 e. The zero-order valence-electron chi connectivity index (χ0n) is 46.2. The van der Waals surface area contributed by atoms with Gasteiger partial charge in [-0.05, 0) is 107 Å². The second-order valence-electron chi connectivity index (χ2n) is 21.7. The zero-order chi connectivity index (χ0) is 54.8. The molecule has 418 valence electrons. The van der Waals surface area contributed by atoms with Gasteiger partial charge >= 0.3 is 5.97 Å². The van der Waals surface area contributed by atoms with Gasteiger partial charge in [0.05, 0.1) is 56.1 Å². The Morgan fingerprint density at radius 3 is 2.33 bits per heavy atom. The molecule has 17 heteroatoms. The van der Waals surface area contributed by atoms with Gasteiger partial charge in [0.1, 0.15) is 30.1 Å². The summed E-state index contributed by atoms with van der Waals surface area (Å²) in [4.78, 5) is 81.5. The summed E-state index contributed by atoms with van der Waals surface area (Å²) in [5.74, 6) is -8.11. The van der Waals surface area contributed by atoms with Gasteiger partial charge in [0, 0.05) is 70.9 Å². The molecule has 1 saturated carbocycles. The molecule has 1 aliphatic carbocycles. The highest BCUT2D eigenvalue weighted by Crippen LogP contribution is 2.38. The fourth-order valence-electron chi connectivity index (χ4n) is 11.1. The van der Waals surface area contributed by atoms with Crippen molar-refractivity contribution in [1.29, 1.82) is 0 Å². The van der Waals surface area contributed by atoms with Crippen LogP contribution in [0.5, 0.6) is 0 Å². The number of carbonyl (C=O) groups is 5. The van der Waals surface area contributed by atoms with E-state index in [1.54, 1.807) is 59.7 Å². The van der Waals surface area contributed by atoms with Crippen molar-refractivity contribution < 1.29 is 67.3 Å². The SMILES string of the molecule is COCCO[C@@H]1CC[C@@H](C[C@@H](C)[C@@H]2CC(=O)[C@H](C)/C=C(\C)[C@@H](O)[C@@H](OC)C(=O)[C@H](C)C[C@H](C)/C=C/C=C/C=C(\C)C(OCc3cnccn3)C[C@@H]3CC[C@@H](C)[C@@](O)(O3)C(=O)C(=O)N3CCCC[C@H]3C(=O)O2)C[C@H]1OC. The lowest BCUT2D eigenvalue weighted by Gasteiger charge is -2.43. The molecule has 1 amide bonds. The molecule has 2 N–H and O–H groups in total. The van der Waals surface area contributed by atoms with Crippen LogP contribution in [0.3, 0.4) is 0 Å². The Morgan fingerprint density at radius 1 is 0.853 bits per heavy atom. The first-order valence-electron chi connectivity index (χ1n) is 27.2. The molecule has 4 heterocycles. The zero-order valence-corrected chi connectivity index (χ0v) is 46.2. The van der Waals surface area contributed by atoms with Crippen molar-refractivity contribution >= 4 is 29.2 Å². The Bertz CT molecular complexity index is 2150. The van der Waals surface area contributed by atoms with E-state index in [-0.39, 0.29) is 73.9 Å². The van der Waals surface area contributed by atoms with E-state index in [0.29, 0.717) is 69.4 Å². The van der Waals surface area contributed by atoms with Crippen LogP contribution in [0.25, 0.3) is 0 Å². The second-order valence-corrected chi connectivity index (χ2v) is 21.7. The van der Waals surface area contributed by atoms with Gasteiger partial charge in [0.2, 0.25) is 5.79 Å². The van der Waals surface area contributed by atoms with E-state index >= 15 is 0 Å². The topological polar surface area (TPSA) is 219 Å². The van der Waals surface area contributed by atoms with Crippen molar-refractivity contribution in [2.24, 2.45) is 35.5 Å². The molecule has 2 bridgehead atoms. The van der Waals surface area contributed by atoms with Crippen LogP contribution in [0.15, 0.2) is 66.2 Å². The number of hydrogen-bond acceptors (Lipinski definition) is 16. The minimum Gasteiger partial charge on any atom is -0.460 e. The van der Waals surface area contributed by atoms with E-state index < -0.39 is 77.8 Å². The molecule has 0 spiro atoms. The molecule has 1 aromatic heterocycles. The quantitative estimate of drug-likeness (QED) is 0.0914. The number of carbonyl (C=O) groups excluding carboxylic acids is 5. The van der Waals surface area contributed by atoms with Crippen molar-refractivity contribution in [1.82, 2.24) is 14.9 Å². The van der Waals surface area contributed by atoms with Crippen molar-refractivity contribution in [3.63, 3.8) is 0 Å². The number of aliphatic hydroxyl groups is 2. The predicted octanol–water partition coefficient (Wildman–Crippen LogP) is 7.21. The average Bonchev–Trinajstić information content (AvgIpc) is 3.40. The predicted molar refractivity (Wildman–Crippen MR) is 281 cm³/mol. The lowest BCUT2D eigenvalue weighted by Crippen LogP contribution is -2.61. The van der Waals surface area contributed by atoms with Gasteiger partial charge in [0.15, 0.2) is 5.78 Å². The molecule has 15 atom stereocenters. The van der Waals surface area contributed by atoms with Gasteiger partial charge in [0.25, 0.3) is 11.7 Å². The lowest BCUT2D eigenvalue weighted by molar-refractivity contribution is -0.266. The first-order valence-corrected chi connectivity index (χ1v) is 27.2. The Kier molecular flexibility index (Phi) is 24.6. The van der Waals surface area contributed by atoms with Gasteiger partial charge in [-0.1, -0.05) is 71.1 Å². The van der Waals surface area contributed by atoms with Crippen molar-refractivity contribution in [3.8, 4) is 0 Å². The molecule has 3 aliphatic heterocycles. The Morgan fingerprint density at radius 2 is 1.63 bits per heavy atom. The summed E-state index contributed by atoms with van der Waals surface area (Å²) in [6.07, 6.45) is 16.6. The molecule has 4 aliphatic rings. The van der Waals surface area contributed by atoms with Crippen LogP contribution in [0, 0.1) is 35.5 Å². The van der Waals surface area contributed by atoms with Crippen LogP contribution < -0.4 is 0 Å².